The van der Waals surface area contributed by atoms with Crippen molar-refractivity contribution in [2.24, 2.45) is 5.92 Å². The van der Waals surface area contributed by atoms with Crippen LogP contribution in [0.2, 0.25) is 0 Å². The molecule has 0 aliphatic carbocycles. The first-order chi connectivity index (χ1) is 7.74. The molecular formula is C12H25NO3. The van der Waals surface area contributed by atoms with Gasteiger partial charge < -0.3 is 15.2 Å². The number of unbranched alkanes of at least 4 members (excludes halogenated alkanes) is 1. The zero-order valence-corrected chi connectivity index (χ0v) is 10.5. The first-order valence-corrected chi connectivity index (χ1v) is 6.19. The fraction of sp³-hybridized carbons (Fsp3) is 0.917. The van der Waals surface area contributed by atoms with E-state index in [1.165, 1.54) is 0 Å². The van der Waals surface area contributed by atoms with Crippen LogP contribution < -0.4 is 5.32 Å². The largest absolute Gasteiger partial charge is 0.396 e. The number of ether oxygens (including phenoxy) is 1. The van der Waals surface area contributed by atoms with Gasteiger partial charge in [-0.2, -0.15) is 0 Å². The summed E-state index contributed by atoms with van der Waals surface area (Å²) in [4.78, 5) is 10.9. The van der Waals surface area contributed by atoms with Gasteiger partial charge in [0.05, 0.1) is 6.61 Å². The van der Waals surface area contributed by atoms with Crippen molar-refractivity contribution in [3.8, 4) is 0 Å². The van der Waals surface area contributed by atoms with Crippen molar-refractivity contribution < 1.29 is 14.6 Å². The molecule has 0 aliphatic rings. The van der Waals surface area contributed by atoms with Gasteiger partial charge in [-0.05, 0) is 19.8 Å². The van der Waals surface area contributed by atoms with Crippen LogP contribution in [0.3, 0.4) is 0 Å². The van der Waals surface area contributed by atoms with E-state index < -0.39 is 0 Å². The molecule has 0 radical (unpaired) electrons. The Balaban J connectivity index is 3.37. The van der Waals surface area contributed by atoms with Gasteiger partial charge in [0, 0.05) is 32.1 Å². The predicted molar refractivity (Wildman–Crippen MR) is 64.2 cm³/mol. The normalized spacial score (nSPS) is 12.4. The van der Waals surface area contributed by atoms with E-state index in [2.05, 4.69) is 5.32 Å². The smallest absolute Gasteiger partial charge is 0.219 e. The lowest BCUT2D eigenvalue weighted by Gasteiger charge is -2.13. The van der Waals surface area contributed by atoms with Gasteiger partial charge in [-0.15, -0.1) is 0 Å². The first kappa shape index (κ1) is 15.4. The number of amides is 1. The molecule has 4 heteroatoms. The Bertz CT molecular complexity index is 174. The average molecular weight is 231 g/mol. The molecule has 96 valence electrons. The van der Waals surface area contributed by atoms with Crippen molar-refractivity contribution in [1.82, 2.24) is 5.32 Å². The van der Waals surface area contributed by atoms with Crippen molar-refractivity contribution in [1.29, 1.82) is 0 Å². The highest BCUT2D eigenvalue weighted by molar-refractivity contribution is 5.75. The number of hydrogen-bond donors (Lipinski definition) is 2. The van der Waals surface area contributed by atoms with E-state index in [0.717, 1.165) is 25.8 Å². The topological polar surface area (TPSA) is 58.6 Å². The Labute approximate surface area is 98.4 Å². The van der Waals surface area contributed by atoms with Crippen LogP contribution in [0, 0.1) is 5.92 Å². The van der Waals surface area contributed by atoms with Crippen LogP contribution in [0.15, 0.2) is 0 Å². The molecule has 0 spiro atoms. The molecule has 2 N–H and O–H groups in total. The number of carbonyl (C=O) groups is 1. The Morgan fingerprint density at radius 2 is 2.12 bits per heavy atom. The Morgan fingerprint density at radius 1 is 1.38 bits per heavy atom. The maximum Gasteiger partial charge on any atom is 0.219 e. The van der Waals surface area contributed by atoms with E-state index >= 15 is 0 Å². The lowest BCUT2D eigenvalue weighted by atomic mass is 10.0. The minimum atomic E-state index is 0.105. The SMILES string of the molecule is CCOCC(CO)CCCCNC(=O)CC. The summed E-state index contributed by atoms with van der Waals surface area (Å²) >= 11 is 0. The summed E-state index contributed by atoms with van der Waals surface area (Å²) in [6.07, 6.45) is 3.48. The Kier molecular flexibility index (Phi) is 10.5. The maximum absolute atomic E-state index is 10.9. The van der Waals surface area contributed by atoms with Crippen LogP contribution in [0.4, 0.5) is 0 Å². The summed E-state index contributed by atoms with van der Waals surface area (Å²) < 4.78 is 5.27. The van der Waals surface area contributed by atoms with Crippen LogP contribution in [0.1, 0.15) is 39.5 Å². The maximum atomic E-state index is 10.9. The minimum Gasteiger partial charge on any atom is -0.396 e. The molecular weight excluding hydrogens is 206 g/mol. The highest BCUT2D eigenvalue weighted by Gasteiger charge is 2.06. The molecule has 0 rings (SSSR count). The monoisotopic (exact) mass is 231 g/mol. The number of aliphatic hydroxyl groups excluding tert-OH is 1. The molecule has 0 fully saturated rings. The van der Waals surface area contributed by atoms with Gasteiger partial charge in [0.25, 0.3) is 0 Å². The lowest BCUT2D eigenvalue weighted by molar-refractivity contribution is -0.120. The van der Waals surface area contributed by atoms with Gasteiger partial charge in [0.1, 0.15) is 0 Å². The van der Waals surface area contributed by atoms with E-state index in [4.69, 9.17) is 9.84 Å². The average Bonchev–Trinajstić information content (AvgIpc) is 2.32. The zero-order chi connectivity index (χ0) is 12.2. The Morgan fingerprint density at radius 3 is 2.69 bits per heavy atom. The predicted octanol–water partition coefficient (Wildman–Crippen LogP) is 1.33. The second-order valence-electron chi connectivity index (χ2n) is 3.91. The molecule has 0 saturated carbocycles. The molecule has 0 aromatic rings. The van der Waals surface area contributed by atoms with E-state index in [1.807, 2.05) is 13.8 Å². The molecule has 0 saturated heterocycles. The first-order valence-electron chi connectivity index (χ1n) is 6.19. The summed E-state index contributed by atoms with van der Waals surface area (Å²) in [5.74, 6) is 0.342. The van der Waals surface area contributed by atoms with Crippen molar-refractivity contribution in [2.75, 3.05) is 26.4 Å². The second kappa shape index (κ2) is 10.9. The summed E-state index contributed by atoms with van der Waals surface area (Å²) in [6.45, 7) is 6.05. The van der Waals surface area contributed by atoms with E-state index in [-0.39, 0.29) is 18.4 Å². The summed E-state index contributed by atoms with van der Waals surface area (Å²) in [7, 11) is 0. The van der Waals surface area contributed by atoms with Crippen LogP contribution in [-0.4, -0.2) is 37.4 Å². The van der Waals surface area contributed by atoms with Crippen LogP contribution in [0.25, 0.3) is 0 Å². The van der Waals surface area contributed by atoms with E-state index in [0.29, 0.717) is 19.6 Å². The highest BCUT2D eigenvalue weighted by atomic mass is 16.5. The summed E-state index contributed by atoms with van der Waals surface area (Å²) in [5, 5.41) is 11.9. The molecule has 0 aromatic carbocycles. The number of aliphatic hydroxyl groups is 1. The van der Waals surface area contributed by atoms with Crippen molar-refractivity contribution in [3.05, 3.63) is 0 Å². The van der Waals surface area contributed by atoms with Gasteiger partial charge >= 0.3 is 0 Å². The second-order valence-corrected chi connectivity index (χ2v) is 3.91. The van der Waals surface area contributed by atoms with Crippen molar-refractivity contribution in [2.45, 2.75) is 39.5 Å². The highest BCUT2D eigenvalue weighted by Crippen LogP contribution is 2.08. The number of carbonyl (C=O) groups excluding carboxylic acids is 1. The fourth-order valence-corrected chi connectivity index (χ4v) is 1.42. The van der Waals surface area contributed by atoms with Gasteiger partial charge in [0.15, 0.2) is 0 Å². The van der Waals surface area contributed by atoms with E-state index in [9.17, 15) is 4.79 Å². The summed E-state index contributed by atoms with van der Waals surface area (Å²) in [5.41, 5.74) is 0. The van der Waals surface area contributed by atoms with Crippen LogP contribution in [-0.2, 0) is 9.53 Å². The Hall–Kier alpha value is -0.610. The zero-order valence-electron chi connectivity index (χ0n) is 10.5. The number of rotatable bonds is 10. The molecule has 0 aromatic heterocycles. The minimum absolute atomic E-state index is 0.105. The third-order valence-electron chi connectivity index (χ3n) is 2.50. The molecule has 1 amide bonds. The van der Waals surface area contributed by atoms with Gasteiger partial charge in [-0.3, -0.25) is 4.79 Å². The number of nitrogens with one attached hydrogen (secondary N) is 1. The number of hydrogen-bond acceptors (Lipinski definition) is 3. The molecule has 16 heavy (non-hydrogen) atoms. The lowest BCUT2D eigenvalue weighted by Crippen LogP contribution is -2.23. The van der Waals surface area contributed by atoms with Crippen LogP contribution >= 0.6 is 0 Å². The van der Waals surface area contributed by atoms with E-state index in [1.54, 1.807) is 0 Å². The molecule has 0 bridgehead atoms. The molecule has 0 aliphatic heterocycles. The quantitative estimate of drug-likeness (QED) is 0.558. The standard InChI is InChI=1S/C12H25NO3/c1-3-12(15)13-8-6-5-7-11(9-14)10-16-4-2/h11,14H,3-10H2,1-2H3,(H,13,15). The summed E-state index contributed by atoms with van der Waals surface area (Å²) in [6, 6.07) is 0. The molecule has 4 nitrogen and oxygen atoms in total. The van der Waals surface area contributed by atoms with Gasteiger partial charge in [0.2, 0.25) is 5.91 Å². The third kappa shape index (κ3) is 8.68. The molecule has 0 heterocycles. The van der Waals surface area contributed by atoms with Crippen LogP contribution in [0.5, 0.6) is 0 Å². The van der Waals surface area contributed by atoms with Crippen molar-refractivity contribution in [3.63, 3.8) is 0 Å². The molecule has 1 atom stereocenters. The van der Waals surface area contributed by atoms with Gasteiger partial charge in [-0.25, -0.2) is 0 Å². The third-order valence-corrected chi connectivity index (χ3v) is 2.50. The molecule has 1 unspecified atom stereocenters. The fourth-order valence-electron chi connectivity index (χ4n) is 1.42. The van der Waals surface area contributed by atoms with Gasteiger partial charge in [-0.1, -0.05) is 13.3 Å². The van der Waals surface area contributed by atoms with Crippen molar-refractivity contribution >= 4 is 5.91 Å².